The molecular weight excluding hydrogens is 316 g/mol. The molecule has 2 unspecified atom stereocenters. The van der Waals surface area contributed by atoms with Gasteiger partial charge in [-0.2, -0.15) is 0 Å². The van der Waals surface area contributed by atoms with Crippen molar-refractivity contribution in [3.8, 4) is 0 Å². The molecule has 0 bridgehead atoms. The van der Waals surface area contributed by atoms with Gasteiger partial charge in [-0.05, 0) is 38.5 Å². The Morgan fingerprint density at radius 1 is 0.920 bits per heavy atom. The van der Waals surface area contributed by atoms with Gasteiger partial charge in [0, 0.05) is 20.3 Å². The highest BCUT2D eigenvalue weighted by molar-refractivity contribution is 5.67. The molecule has 0 saturated carbocycles. The van der Waals surface area contributed by atoms with Gasteiger partial charge in [-0.1, -0.05) is 43.7 Å². The Balaban J connectivity index is 4.70. The molecule has 0 aromatic rings. The first-order valence-corrected chi connectivity index (χ1v) is 9.26. The maximum Gasteiger partial charge on any atom is 0.303 e. The molecule has 0 radical (unpaired) electrons. The van der Waals surface area contributed by atoms with Crippen LogP contribution in [-0.2, 0) is 19.1 Å². The van der Waals surface area contributed by atoms with Gasteiger partial charge in [-0.15, -0.1) is 6.58 Å². The molecule has 2 atom stereocenters. The predicted octanol–water partition coefficient (Wildman–Crippen LogP) is 5.29. The molecule has 142 valence electrons. The van der Waals surface area contributed by atoms with Crippen molar-refractivity contribution >= 4 is 11.9 Å². The van der Waals surface area contributed by atoms with Crippen molar-refractivity contribution in [1.29, 1.82) is 0 Å². The minimum absolute atomic E-state index is 0.344. The van der Waals surface area contributed by atoms with Gasteiger partial charge in [-0.25, -0.2) is 0 Å². The lowest BCUT2D eigenvalue weighted by Gasteiger charge is -2.25. The molecule has 0 aliphatic carbocycles. The first kappa shape index (κ1) is 23.2. The highest BCUT2D eigenvalue weighted by Crippen LogP contribution is 2.18. The Labute approximate surface area is 153 Å². The van der Waals surface area contributed by atoms with Crippen molar-refractivity contribution in [3.05, 3.63) is 37.0 Å². The summed E-state index contributed by atoms with van der Waals surface area (Å²) in [6, 6.07) is 0. The fraction of sp³-hybridized carbons (Fsp3) is 0.619. The maximum atomic E-state index is 11.4. The summed E-state index contributed by atoms with van der Waals surface area (Å²) in [5.41, 5.74) is 0. The van der Waals surface area contributed by atoms with Gasteiger partial charge in [0.05, 0.1) is 0 Å². The summed E-state index contributed by atoms with van der Waals surface area (Å²) < 4.78 is 10.8. The lowest BCUT2D eigenvalue weighted by molar-refractivity contribution is -0.165. The number of allylic oxidation sites excluding steroid dienone is 4. The van der Waals surface area contributed by atoms with E-state index in [0.29, 0.717) is 12.8 Å². The van der Waals surface area contributed by atoms with Crippen LogP contribution in [0.5, 0.6) is 0 Å². The summed E-state index contributed by atoms with van der Waals surface area (Å²) in [5, 5.41) is 0. The molecular formula is C21H34O4. The molecule has 0 aromatic carbocycles. The summed E-state index contributed by atoms with van der Waals surface area (Å²) in [6.07, 6.45) is 16.4. The summed E-state index contributed by atoms with van der Waals surface area (Å²) in [7, 11) is 0. The molecule has 0 N–H and O–H groups in total. The number of esters is 2. The second kappa shape index (κ2) is 15.7. The molecule has 0 amide bonds. The molecule has 4 heteroatoms. The van der Waals surface area contributed by atoms with Crippen LogP contribution in [0, 0.1) is 0 Å². The number of unbranched alkanes of at least 4 members (excludes halogenated alkanes) is 3. The lowest BCUT2D eigenvalue weighted by Crippen LogP contribution is -2.34. The van der Waals surface area contributed by atoms with E-state index in [1.165, 1.54) is 13.8 Å². The van der Waals surface area contributed by atoms with Crippen molar-refractivity contribution in [2.24, 2.45) is 0 Å². The largest absolute Gasteiger partial charge is 0.459 e. The van der Waals surface area contributed by atoms with Crippen LogP contribution in [0.25, 0.3) is 0 Å². The first-order chi connectivity index (χ1) is 12.0. The van der Waals surface area contributed by atoms with E-state index in [2.05, 4.69) is 25.7 Å². The zero-order valence-corrected chi connectivity index (χ0v) is 16.0. The zero-order chi connectivity index (χ0) is 18.9. The van der Waals surface area contributed by atoms with Crippen LogP contribution in [0.2, 0.25) is 0 Å². The van der Waals surface area contributed by atoms with E-state index in [0.717, 1.165) is 38.5 Å². The standard InChI is InChI=1S/C21H34O4/c1-5-7-9-11-13-15-17-21(25-19(4)23)20(24-18(3)22)16-14-12-10-8-6-2/h6-7,9,13,15,20-21H,2,5,8,10-12,14,16-17H2,1,3-4H3. The minimum Gasteiger partial charge on any atom is -0.459 e. The number of ether oxygens (including phenoxy) is 2. The van der Waals surface area contributed by atoms with E-state index in [1.54, 1.807) is 0 Å². The molecule has 0 aliphatic heterocycles. The van der Waals surface area contributed by atoms with E-state index < -0.39 is 12.2 Å². The predicted molar refractivity (Wildman–Crippen MR) is 102 cm³/mol. The SMILES string of the molecule is C=CCCCCCC(OC(C)=O)C(CC=CCC=CCC)OC(C)=O. The smallest absolute Gasteiger partial charge is 0.303 e. The van der Waals surface area contributed by atoms with Gasteiger partial charge in [0.25, 0.3) is 0 Å². The molecule has 0 saturated heterocycles. The monoisotopic (exact) mass is 350 g/mol. The van der Waals surface area contributed by atoms with Crippen LogP contribution >= 0.6 is 0 Å². The third-order valence-corrected chi connectivity index (χ3v) is 3.66. The van der Waals surface area contributed by atoms with E-state index in [1.807, 2.05) is 18.2 Å². The second-order valence-electron chi connectivity index (χ2n) is 6.04. The molecule has 0 aromatic heterocycles. The number of carbonyl (C=O) groups excluding carboxylic acids is 2. The van der Waals surface area contributed by atoms with Gasteiger partial charge >= 0.3 is 11.9 Å². The quantitative estimate of drug-likeness (QED) is 0.243. The topological polar surface area (TPSA) is 52.6 Å². The molecule has 0 fully saturated rings. The number of hydrogen-bond acceptors (Lipinski definition) is 4. The van der Waals surface area contributed by atoms with Crippen molar-refractivity contribution < 1.29 is 19.1 Å². The van der Waals surface area contributed by atoms with Crippen LogP contribution in [0.4, 0.5) is 0 Å². The Kier molecular flexibility index (Phi) is 14.5. The van der Waals surface area contributed by atoms with E-state index >= 15 is 0 Å². The Bertz CT molecular complexity index is 437. The van der Waals surface area contributed by atoms with E-state index in [-0.39, 0.29) is 11.9 Å². The minimum atomic E-state index is -0.438. The van der Waals surface area contributed by atoms with Crippen molar-refractivity contribution in [2.45, 2.75) is 84.3 Å². The third kappa shape index (κ3) is 14.2. The van der Waals surface area contributed by atoms with Crippen molar-refractivity contribution in [1.82, 2.24) is 0 Å². The van der Waals surface area contributed by atoms with Crippen LogP contribution in [0.1, 0.15) is 72.1 Å². The number of carbonyl (C=O) groups is 2. The van der Waals surface area contributed by atoms with Crippen molar-refractivity contribution in [2.75, 3.05) is 0 Å². The molecule has 4 nitrogen and oxygen atoms in total. The molecule has 0 spiro atoms. The molecule has 25 heavy (non-hydrogen) atoms. The van der Waals surface area contributed by atoms with Crippen LogP contribution in [0.15, 0.2) is 37.0 Å². The summed E-state index contributed by atoms with van der Waals surface area (Å²) in [6.45, 7) is 8.58. The molecule has 0 rings (SSSR count). The van der Waals surface area contributed by atoms with E-state index in [4.69, 9.17) is 9.47 Å². The Morgan fingerprint density at radius 3 is 2.16 bits per heavy atom. The summed E-state index contributed by atoms with van der Waals surface area (Å²) in [5.74, 6) is -0.698. The fourth-order valence-electron chi connectivity index (χ4n) is 2.50. The summed E-state index contributed by atoms with van der Waals surface area (Å²) >= 11 is 0. The van der Waals surface area contributed by atoms with Crippen LogP contribution in [0.3, 0.4) is 0 Å². The highest BCUT2D eigenvalue weighted by Gasteiger charge is 2.25. The van der Waals surface area contributed by atoms with Gasteiger partial charge in [0.1, 0.15) is 12.2 Å². The highest BCUT2D eigenvalue weighted by atomic mass is 16.6. The second-order valence-corrected chi connectivity index (χ2v) is 6.04. The zero-order valence-electron chi connectivity index (χ0n) is 16.0. The number of hydrogen-bond donors (Lipinski definition) is 0. The molecule has 0 heterocycles. The van der Waals surface area contributed by atoms with Crippen LogP contribution < -0.4 is 0 Å². The average molecular weight is 350 g/mol. The Hall–Kier alpha value is -1.84. The van der Waals surface area contributed by atoms with Gasteiger partial charge in [0.15, 0.2) is 0 Å². The first-order valence-electron chi connectivity index (χ1n) is 9.26. The van der Waals surface area contributed by atoms with Gasteiger partial charge in [0.2, 0.25) is 0 Å². The Morgan fingerprint density at radius 2 is 1.56 bits per heavy atom. The maximum absolute atomic E-state index is 11.4. The summed E-state index contributed by atoms with van der Waals surface area (Å²) in [4.78, 5) is 22.8. The average Bonchev–Trinajstić information content (AvgIpc) is 2.55. The normalized spacial score (nSPS) is 13.7. The molecule has 0 aliphatic rings. The third-order valence-electron chi connectivity index (χ3n) is 3.66. The van der Waals surface area contributed by atoms with Crippen molar-refractivity contribution in [3.63, 3.8) is 0 Å². The van der Waals surface area contributed by atoms with Gasteiger partial charge in [-0.3, -0.25) is 9.59 Å². The fourth-order valence-corrected chi connectivity index (χ4v) is 2.50. The van der Waals surface area contributed by atoms with Gasteiger partial charge < -0.3 is 9.47 Å². The van der Waals surface area contributed by atoms with Crippen LogP contribution in [-0.4, -0.2) is 24.1 Å². The number of rotatable bonds is 14. The van der Waals surface area contributed by atoms with E-state index in [9.17, 15) is 9.59 Å². The lowest BCUT2D eigenvalue weighted by atomic mass is 10.0.